The van der Waals surface area contributed by atoms with Gasteiger partial charge < -0.3 is 4.57 Å². The molecule has 0 saturated carbocycles. The number of pyridine rings is 1. The fourth-order valence-corrected chi connectivity index (χ4v) is 10.2. The molecule has 2 nitrogen and oxygen atoms in total. The van der Waals surface area contributed by atoms with E-state index in [1.54, 1.807) is 0 Å². The highest BCUT2D eigenvalue weighted by atomic mass is 32.1. The summed E-state index contributed by atoms with van der Waals surface area (Å²) in [6.45, 7) is 14.4. The largest absolute Gasteiger partial charge is 0.301 e. The molecule has 1 atom stereocenters. The Morgan fingerprint density at radius 3 is 2.19 bits per heavy atom. The van der Waals surface area contributed by atoms with Crippen LogP contribution in [-0.2, 0) is 16.4 Å². The highest BCUT2D eigenvalue weighted by Crippen LogP contribution is 2.55. The number of fused-ring (bicyclic) bond motifs is 9. The van der Waals surface area contributed by atoms with E-state index in [9.17, 15) is 0 Å². The van der Waals surface area contributed by atoms with Crippen LogP contribution >= 0.6 is 11.3 Å². The van der Waals surface area contributed by atoms with Gasteiger partial charge in [0.15, 0.2) is 11.7 Å². The average molecular weight is 568 g/mol. The van der Waals surface area contributed by atoms with Gasteiger partial charge in [0, 0.05) is 41.2 Å². The van der Waals surface area contributed by atoms with Crippen molar-refractivity contribution in [1.29, 1.82) is 0 Å². The molecule has 1 aliphatic carbocycles. The molecule has 0 bridgehead atoms. The van der Waals surface area contributed by atoms with Crippen LogP contribution < -0.4 is 4.57 Å². The molecule has 0 N–H and O–H groups in total. The van der Waals surface area contributed by atoms with Crippen molar-refractivity contribution >= 4 is 33.1 Å². The van der Waals surface area contributed by atoms with Crippen molar-refractivity contribution in [3.63, 3.8) is 0 Å². The second kappa shape index (κ2) is 8.67. The van der Waals surface area contributed by atoms with Gasteiger partial charge in [-0.2, -0.15) is 4.57 Å². The summed E-state index contributed by atoms with van der Waals surface area (Å²) in [5.41, 5.74) is 11.1. The van der Waals surface area contributed by atoms with E-state index in [0.717, 1.165) is 19.3 Å². The number of para-hydroxylation sites is 1. The minimum absolute atomic E-state index is 0.0310. The summed E-state index contributed by atoms with van der Waals surface area (Å²) in [5, 5.41) is 3.98. The lowest BCUT2D eigenvalue weighted by molar-refractivity contribution is -0.769. The predicted molar refractivity (Wildman–Crippen MR) is 178 cm³/mol. The van der Waals surface area contributed by atoms with Crippen molar-refractivity contribution in [2.75, 3.05) is 0 Å². The zero-order valence-corrected chi connectivity index (χ0v) is 26.4. The van der Waals surface area contributed by atoms with Gasteiger partial charge in [-0.05, 0) is 71.5 Å². The molecular formula is C39H39N2S+. The Morgan fingerprint density at radius 1 is 0.667 bits per heavy atom. The van der Waals surface area contributed by atoms with Crippen molar-refractivity contribution < 1.29 is 4.57 Å². The third kappa shape index (κ3) is 2.98. The molecule has 3 aromatic heterocycles. The van der Waals surface area contributed by atoms with Gasteiger partial charge in [-0.1, -0.05) is 77.1 Å². The number of nitrogens with zero attached hydrogens (tertiary/aromatic N) is 2. The first-order valence-electron chi connectivity index (χ1n) is 15.6. The summed E-state index contributed by atoms with van der Waals surface area (Å²) in [4.78, 5) is 1.42. The number of hydrogen-bond acceptors (Lipinski definition) is 1. The zero-order valence-electron chi connectivity index (χ0n) is 25.6. The Morgan fingerprint density at radius 2 is 1.40 bits per heavy atom. The topological polar surface area (TPSA) is 8.81 Å². The molecule has 0 amide bonds. The molecule has 3 aromatic carbocycles. The summed E-state index contributed by atoms with van der Waals surface area (Å²) < 4.78 is 5.19. The van der Waals surface area contributed by atoms with Crippen LogP contribution in [0.3, 0.4) is 0 Å². The van der Waals surface area contributed by atoms with Crippen molar-refractivity contribution in [2.24, 2.45) is 0 Å². The normalized spacial score (nSPS) is 19.5. The van der Waals surface area contributed by atoms with Crippen LogP contribution in [0, 0.1) is 0 Å². The molecule has 0 saturated heterocycles. The second-order valence-corrected chi connectivity index (χ2v) is 14.2. The van der Waals surface area contributed by atoms with E-state index in [1.165, 1.54) is 65.2 Å². The van der Waals surface area contributed by atoms with Gasteiger partial charge in [0.2, 0.25) is 5.69 Å². The van der Waals surface area contributed by atoms with Crippen LogP contribution in [0.5, 0.6) is 0 Å². The van der Waals surface area contributed by atoms with E-state index in [2.05, 4.69) is 142 Å². The SMILES string of the molecule is CCC1(C)c2cc(-n3c4ccccc4c4cc5c(cc43)C(C)(C)c3ccccc3-5)sc2-c2cccc[n+]2C1(CC)CC. The first kappa shape index (κ1) is 26.0. The smallest absolute Gasteiger partial charge is 0.223 e. The highest BCUT2D eigenvalue weighted by Gasteiger charge is 2.59. The molecule has 4 heterocycles. The van der Waals surface area contributed by atoms with E-state index in [4.69, 9.17) is 0 Å². The van der Waals surface area contributed by atoms with Crippen LogP contribution in [0.2, 0.25) is 0 Å². The van der Waals surface area contributed by atoms with E-state index in [0.29, 0.717) is 0 Å². The lowest BCUT2D eigenvalue weighted by atomic mass is 9.60. The van der Waals surface area contributed by atoms with Gasteiger partial charge in [-0.15, -0.1) is 11.3 Å². The molecule has 3 heteroatoms. The molecule has 0 fully saturated rings. The van der Waals surface area contributed by atoms with Gasteiger partial charge in [0.25, 0.3) is 0 Å². The highest BCUT2D eigenvalue weighted by molar-refractivity contribution is 7.18. The number of rotatable bonds is 4. The molecule has 1 aliphatic heterocycles. The maximum absolute atomic E-state index is 2.62. The Bertz CT molecular complexity index is 2050. The Labute approximate surface area is 253 Å². The van der Waals surface area contributed by atoms with Crippen LogP contribution in [0.4, 0.5) is 0 Å². The molecule has 6 aromatic rings. The Kier molecular flexibility index (Phi) is 5.36. The minimum Gasteiger partial charge on any atom is -0.301 e. The molecule has 8 rings (SSSR count). The van der Waals surface area contributed by atoms with E-state index in [-0.39, 0.29) is 16.4 Å². The summed E-state index contributed by atoms with van der Waals surface area (Å²) in [5.74, 6) is 0. The average Bonchev–Trinajstić information content (AvgIpc) is 3.67. The van der Waals surface area contributed by atoms with Crippen LogP contribution in [0.1, 0.15) is 77.5 Å². The standard InChI is InChI=1S/C39H39N2S/c1-7-38(6)31-24-35(42-36(31)33-20-14-15-21-40(33)39(38,8-2)9-3)41-32-19-13-11-17-26(32)28-22-27-25-16-10-12-18-29(25)37(4,5)30(27)23-34(28)41/h10-24H,7-9H2,1-6H3/q+1. The second-order valence-electron chi connectivity index (χ2n) is 13.1. The summed E-state index contributed by atoms with van der Waals surface area (Å²) in [7, 11) is 0. The van der Waals surface area contributed by atoms with Gasteiger partial charge in [0.05, 0.1) is 16.4 Å². The van der Waals surface area contributed by atoms with Crippen molar-refractivity contribution in [3.05, 3.63) is 108 Å². The van der Waals surface area contributed by atoms with Crippen LogP contribution in [0.25, 0.3) is 48.5 Å². The van der Waals surface area contributed by atoms with E-state index >= 15 is 0 Å². The van der Waals surface area contributed by atoms with Gasteiger partial charge in [-0.25, -0.2) is 0 Å². The number of aromatic nitrogens is 2. The molecule has 2 aliphatic rings. The number of benzene rings is 3. The molecular weight excluding hydrogens is 529 g/mol. The van der Waals surface area contributed by atoms with Crippen LogP contribution in [0.15, 0.2) is 91.1 Å². The lowest BCUT2D eigenvalue weighted by Gasteiger charge is -2.46. The monoisotopic (exact) mass is 567 g/mol. The maximum Gasteiger partial charge on any atom is 0.223 e. The fourth-order valence-electron chi connectivity index (χ4n) is 8.90. The third-order valence-corrected chi connectivity index (χ3v) is 12.5. The quantitative estimate of drug-likeness (QED) is 0.187. The molecule has 0 spiro atoms. The lowest BCUT2D eigenvalue weighted by Crippen LogP contribution is -2.68. The van der Waals surface area contributed by atoms with E-state index < -0.39 is 0 Å². The predicted octanol–water partition coefficient (Wildman–Crippen LogP) is 10.3. The third-order valence-electron chi connectivity index (χ3n) is 11.4. The number of thiophene rings is 1. The van der Waals surface area contributed by atoms with Crippen molar-refractivity contribution in [3.8, 4) is 26.7 Å². The summed E-state index contributed by atoms with van der Waals surface area (Å²) >= 11 is 1.97. The van der Waals surface area contributed by atoms with Crippen LogP contribution in [-0.4, -0.2) is 4.57 Å². The van der Waals surface area contributed by atoms with E-state index in [1.807, 2.05) is 11.3 Å². The van der Waals surface area contributed by atoms with Gasteiger partial charge in [0.1, 0.15) is 9.88 Å². The van der Waals surface area contributed by atoms with Crippen molar-refractivity contribution in [1.82, 2.24) is 4.57 Å². The van der Waals surface area contributed by atoms with Gasteiger partial charge in [-0.3, -0.25) is 0 Å². The number of hydrogen-bond donors (Lipinski definition) is 0. The molecule has 1 unspecified atom stereocenters. The Balaban J connectivity index is 1.45. The fraction of sp³-hybridized carbons (Fsp3) is 0.308. The summed E-state index contributed by atoms with van der Waals surface area (Å²) in [6, 6.07) is 32.3. The maximum atomic E-state index is 2.62. The summed E-state index contributed by atoms with van der Waals surface area (Å²) in [6.07, 6.45) is 5.66. The van der Waals surface area contributed by atoms with Crippen molar-refractivity contribution in [2.45, 2.75) is 77.2 Å². The first-order chi connectivity index (χ1) is 20.3. The molecule has 0 radical (unpaired) electrons. The molecule has 42 heavy (non-hydrogen) atoms. The zero-order chi connectivity index (χ0) is 29.0. The Hall–Kier alpha value is -3.69. The first-order valence-corrected chi connectivity index (χ1v) is 16.5. The molecule has 210 valence electrons. The van der Waals surface area contributed by atoms with Gasteiger partial charge >= 0.3 is 0 Å². The minimum atomic E-state index is -0.0334.